The zero-order valence-electron chi connectivity index (χ0n) is 11.8. The fourth-order valence-corrected chi connectivity index (χ4v) is 2.52. The third kappa shape index (κ3) is 3.38. The fourth-order valence-electron chi connectivity index (χ4n) is 1.86. The maximum Gasteiger partial charge on any atom is 0.203 e. The van der Waals surface area contributed by atoms with Gasteiger partial charge in [0.2, 0.25) is 5.13 Å². The lowest BCUT2D eigenvalue weighted by atomic mass is 10.1. The molecule has 2 heterocycles. The van der Waals surface area contributed by atoms with Crippen molar-refractivity contribution in [2.75, 3.05) is 5.43 Å². The number of anilines is 1. The molecule has 0 amide bonds. The van der Waals surface area contributed by atoms with Crippen molar-refractivity contribution in [3.05, 3.63) is 58.9 Å². The molecule has 3 aromatic rings. The molecule has 0 unspecified atom stereocenters. The molecular formula is C16H15N3OS. The zero-order valence-corrected chi connectivity index (χ0v) is 12.6. The summed E-state index contributed by atoms with van der Waals surface area (Å²) in [6.07, 6.45) is 1.64. The van der Waals surface area contributed by atoms with E-state index in [1.165, 1.54) is 16.9 Å². The average Bonchev–Trinajstić information content (AvgIpc) is 3.09. The summed E-state index contributed by atoms with van der Waals surface area (Å²) in [7, 11) is 0. The minimum atomic E-state index is 0.718. The fraction of sp³-hybridized carbons (Fsp3) is 0.125. The smallest absolute Gasteiger partial charge is 0.203 e. The Bertz CT molecular complexity index is 756. The number of furan rings is 1. The molecule has 0 aliphatic heterocycles. The molecule has 0 aliphatic rings. The molecule has 0 atom stereocenters. The SMILES string of the molecule is Cc1ccc(-c2csc(N/N=C\c3ccc(C)o3)n2)cc1. The van der Waals surface area contributed by atoms with Gasteiger partial charge in [0.15, 0.2) is 0 Å². The van der Waals surface area contributed by atoms with Gasteiger partial charge in [-0.1, -0.05) is 29.8 Å². The highest BCUT2D eigenvalue weighted by Gasteiger charge is 2.03. The lowest BCUT2D eigenvalue weighted by Gasteiger charge is -1.97. The van der Waals surface area contributed by atoms with Crippen LogP contribution >= 0.6 is 11.3 Å². The van der Waals surface area contributed by atoms with E-state index in [0.29, 0.717) is 0 Å². The van der Waals surface area contributed by atoms with Crippen LogP contribution in [0.15, 0.2) is 51.3 Å². The first-order valence-electron chi connectivity index (χ1n) is 6.59. The molecule has 0 radical (unpaired) electrons. The lowest BCUT2D eigenvalue weighted by Crippen LogP contribution is -1.89. The van der Waals surface area contributed by atoms with E-state index in [4.69, 9.17) is 4.42 Å². The van der Waals surface area contributed by atoms with Crippen LogP contribution in [0.5, 0.6) is 0 Å². The standard InChI is InChI=1S/C16H15N3OS/c1-11-3-6-13(7-4-11)15-10-21-16(18-15)19-17-9-14-8-5-12(2)20-14/h3-10H,1-2H3,(H,18,19)/b17-9-. The van der Waals surface area contributed by atoms with Gasteiger partial charge < -0.3 is 4.42 Å². The normalized spacial score (nSPS) is 11.1. The molecule has 106 valence electrons. The maximum absolute atomic E-state index is 5.40. The number of nitrogens with zero attached hydrogens (tertiary/aromatic N) is 2. The minimum absolute atomic E-state index is 0.718. The van der Waals surface area contributed by atoms with Crippen LogP contribution in [0.25, 0.3) is 11.3 Å². The van der Waals surface area contributed by atoms with E-state index in [2.05, 4.69) is 46.7 Å². The van der Waals surface area contributed by atoms with Crippen LogP contribution in [0.2, 0.25) is 0 Å². The highest BCUT2D eigenvalue weighted by molar-refractivity contribution is 7.14. The first-order chi connectivity index (χ1) is 10.2. The van der Waals surface area contributed by atoms with Crippen molar-refractivity contribution in [2.45, 2.75) is 13.8 Å². The first kappa shape index (κ1) is 13.6. The van der Waals surface area contributed by atoms with Crippen LogP contribution in [0, 0.1) is 13.8 Å². The molecule has 0 aliphatic carbocycles. The maximum atomic E-state index is 5.40. The number of hydrogen-bond donors (Lipinski definition) is 1. The van der Waals surface area contributed by atoms with Gasteiger partial charge in [-0.3, -0.25) is 5.43 Å². The number of hydrazone groups is 1. The van der Waals surface area contributed by atoms with Gasteiger partial charge in [-0.05, 0) is 26.0 Å². The molecule has 0 spiro atoms. The van der Waals surface area contributed by atoms with Gasteiger partial charge in [-0.2, -0.15) is 5.10 Å². The van der Waals surface area contributed by atoms with Crippen molar-refractivity contribution in [3.63, 3.8) is 0 Å². The molecule has 2 aromatic heterocycles. The summed E-state index contributed by atoms with van der Waals surface area (Å²) in [6.45, 7) is 3.97. The summed E-state index contributed by atoms with van der Waals surface area (Å²) in [4.78, 5) is 4.51. The Hall–Kier alpha value is -2.40. The van der Waals surface area contributed by atoms with Crippen LogP contribution in [-0.4, -0.2) is 11.2 Å². The number of nitrogens with one attached hydrogen (secondary N) is 1. The van der Waals surface area contributed by atoms with E-state index >= 15 is 0 Å². The van der Waals surface area contributed by atoms with Gasteiger partial charge >= 0.3 is 0 Å². The van der Waals surface area contributed by atoms with Crippen LogP contribution in [0.1, 0.15) is 17.1 Å². The summed E-state index contributed by atoms with van der Waals surface area (Å²) >= 11 is 1.52. The highest BCUT2D eigenvalue weighted by Crippen LogP contribution is 2.25. The Morgan fingerprint density at radius 3 is 2.67 bits per heavy atom. The predicted molar refractivity (Wildman–Crippen MR) is 86.9 cm³/mol. The molecule has 0 saturated heterocycles. The number of thiazole rings is 1. The quantitative estimate of drug-likeness (QED) is 0.571. The summed E-state index contributed by atoms with van der Waals surface area (Å²) in [5.41, 5.74) is 6.22. The Morgan fingerprint density at radius 2 is 1.95 bits per heavy atom. The Kier molecular flexibility index (Phi) is 3.83. The molecule has 0 bridgehead atoms. The van der Waals surface area contributed by atoms with E-state index in [1.54, 1.807) is 6.21 Å². The monoisotopic (exact) mass is 297 g/mol. The Morgan fingerprint density at radius 1 is 1.14 bits per heavy atom. The zero-order chi connectivity index (χ0) is 14.7. The van der Waals surface area contributed by atoms with Crippen LogP contribution in [0.4, 0.5) is 5.13 Å². The van der Waals surface area contributed by atoms with Crippen LogP contribution < -0.4 is 5.43 Å². The second-order valence-corrected chi connectivity index (χ2v) is 5.58. The summed E-state index contributed by atoms with van der Waals surface area (Å²) in [5.74, 6) is 1.59. The van der Waals surface area contributed by atoms with Gasteiger partial charge in [-0.25, -0.2) is 4.98 Å². The first-order valence-corrected chi connectivity index (χ1v) is 7.47. The molecule has 5 heteroatoms. The van der Waals surface area contributed by atoms with Crippen molar-refractivity contribution >= 4 is 22.7 Å². The largest absolute Gasteiger partial charge is 0.460 e. The Balaban J connectivity index is 1.67. The molecule has 21 heavy (non-hydrogen) atoms. The van der Waals surface area contributed by atoms with E-state index in [1.807, 2.05) is 24.4 Å². The van der Waals surface area contributed by atoms with Gasteiger partial charge in [0.25, 0.3) is 0 Å². The van der Waals surface area contributed by atoms with Crippen molar-refractivity contribution in [1.29, 1.82) is 0 Å². The Labute approximate surface area is 127 Å². The van der Waals surface area contributed by atoms with Gasteiger partial charge in [0.05, 0.1) is 11.9 Å². The second kappa shape index (κ2) is 5.93. The van der Waals surface area contributed by atoms with Crippen molar-refractivity contribution < 1.29 is 4.42 Å². The third-order valence-electron chi connectivity index (χ3n) is 2.96. The third-order valence-corrected chi connectivity index (χ3v) is 3.71. The van der Waals surface area contributed by atoms with Gasteiger partial charge in [0, 0.05) is 10.9 Å². The highest BCUT2D eigenvalue weighted by atomic mass is 32.1. The molecule has 0 fully saturated rings. The topological polar surface area (TPSA) is 50.4 Å². The van der Waals surface area contributed by atoms with Crippen molar-refractivity contribution in [3.8, 4) is 11.3 Å². The number of aryl methyl sites for hydroxylation is 2. The van der Waals surface area contributed by atoms with Gasteiger partial charge in [-0.15, -0.1) is 11.3 Å². The number of rotatable bonds is 4. The van der Waals surface area contributed by atoms with E-state index in [0.717, 1.165) is 27.9 Å². The summed E-state index contributed by atoms with van der Waals surface area (Å²) in [6, 6.07) is 12.1. The average molecular weight is 297 g/mol. The van der Waals surface area contributed by atoms with Crippen LogP contribution in [0.3, 0.4) is 0 Å². The second-order valence-electron chi connectivity index (χ2n) is 4.72. The van der Waals surface area contributed by atoms with E-state index < -0.39 is 0 Å². The van der Waals surface area contributed by atoms with Crippen LogP contribution in [-0.2, 0) is 0 Å². The lowest BCUT2D eigenvalue weighted by molar-refractivity contribution is 0.528. The molecule has 3 rings (SSSR count). The number of benzene rings is 1. The van der Waals surface area contributed by atoms with E-state index in [9.17, 15) is 0 Å². The van der Waals surface area contributed by atoms with Gasteiger partial charge in [0.1, 0.15) is 11.5 Å². The summed E-state index contributed by atoms with van der Waals surface area (Å²) < 4.78 is 5.40. The number of hydrogen-bond acceptors (Lipinski definition) is 5. The van der Waals surface area contributed by atoms with E-state index in [-0.39, 0.29) is 0 Å². The predicted octanol–water partition coefficient (Wildman–Crippen LogP) is 4.47. The summed E-state index contributed by atoms with van der Waals surface area (Å²) in [5, 5.41) is 6.89. The molecule has 4 nitrogen and oxygen atoms in total. The molecule has 1 N–H and O–H groups in total. The minimum Gasteiger partial charge on any atom is -0.460 e. The van der Waals surface area contributed by atoms with Crippen molar-refractivity contribution in [1.82, 2.24) is 4.98 Å². The molecule has 1 aromatic carbocycles. The van der Waals surface area contributed by atoms with Crippen molar-refractivity contribution in [2.24, 2.45) is 5.10 Å². The molecular weight excluding hydrogens is 282 g/mol. The molecule has 0 saturated carbocycles. The number of aromatic nitrogens is 1.